The summed E-state index contributed by atoms with van der Waals surface area (Å²) in [5.41, 5.74) is -0.194. The van der Waals surface area contributed by atoms with Gasteiger partial charge in [-0.3, -0.25) is 9.36 Å². The summed E-state index contributed by atoms with van der Waals surface area (Å²) in [4.78, 5) is 15.7. The van der Waals surface area contributed by atoms with Gasteiger partial charge in [0, 0.05) is 13.1 Å². The predicted octanol–water partition coefficient (Wildman–Crippen LogP) is 0.382. The molecule has 0 aromatic carbocycles. The summed E-state index contributed by atoms with van der Waals surface area (Å²) in [6.45, 7) is 2.06. The molecule has 0 N–H and O–H groups in total. The van der Waals surface area contributed by atoms with Gasteiger partial charge in [-0.05, 0) is 6.92 Å². The highest BCUT2D eigenvalue weighted by atomic mass is 35.5. The van der Waals surface area contributed by atoms with E-state index in [1.807, 2.05) is 7.05 Å². The quantitative estimate of drug-likeness (QED) is 0.711. The molecule has 0 unspecified atom stereocenters. The summed E-state index contributed by atoms with van der Waals surface area (Å²) in [5, 5.41) is 7.86. The zero-order valence-electron chi connectivity index (χ0n) is 8.88. The van der Waals surface area contributed by atoms with Crippen molar-refractivity contribution in [3.05, 3.63) is 39.5 Å². The van der Waals surface area contributed by atoms with E-state index in [0.717, 1.165) is 0 Å². The summed E-state index contributed by atoms with van der Waals surface area (Å²) >= 11 is 5.68. The van der Waals surface area contributed by atoms with Gasteiger partial charge < -0.3 is 4.57 Å². The van der Waals surface area contributed by atoms with Crippen molar-refractivity contribution in [3.63, 3.8) is 0 Å². The average molecular weight is 240 g/mol. The van der Waals surface area contributed by atoms with Crippen molar-refractivity contribution in [3.8, 4) is 0 Å². The first kappa shape index (κ1) is 10.8. The van der Waals surface area contributed by atoms with Gasteiger partial charge in [0.2, 0.25) is 0 Å². The lowest BCUT2D eigenvalue weighted by molar-refractivity contribution is 0.643. The second-order valence-electron chi connectivity index (χ2n) is 3.41. The first-order chi connectivity index (χ1) is 7.58. The summed E-state index contributed by atoms with van der Waals surface area (Å²) in [6, 6.07) is 1.28. The fourth-order valence-electron chi connectivity index (χ4n) is 1.37. The van der Waals surface area contributed by atoms with Gasteiger partial charge in [0.15, 0.2) is 5.82 Å². The van der Waals surface area contributed by atoms with Crippen LogP contribution in [0.3, 0.4) is 0 Å². The molecular weight excluding hydrogens is 230 g/mol. The Morgan fingerprint density at radius 2 is 2.25 bits per heavy atom. The minimum Gasteiger partial charge on any atom is -0.319 e. The van der Waals surface area contributed by atoms with Gasteiger partial charge in [0.25, 0.3) is 5.56 Å². The number of aromatic nitrogens is 5. The highest BCUT2D eigenvalue weighted by Gasteiger charge is 2.07. The number of nitrogens with zero attached hydrogens (tertiary/aromatic N) is 5. The van der Waals surface area contributed by atoms with Crippen LogP contribution in [0.1, 0.15) is 11.6 Å². The predicted molar refractivity (Wildman–Crippen MR) is 58.3 cm³/mol. The third-order valence-electron chi connectivity index (χ3n) is 2.27. The number of aryl methyl sites for hydroxylation is 2. The maximum absolute atomic E-state index is 11.7. The Morgan fingerprint density at radius 3 is 2.81 bits per heavy atom. The Morgan fingerprint density at radius 1 is 1.50 bits per heavy atom. The van der Waals surface area contributed by atoms with E-state index in [2.05, 4.69) is 15.2 Å². The molecular formula is C9H10ClN5O. The van der Waals surface area contributed by atoms with Crippen molar-refractivity contribution >= 4 is 11.6 Å². The first-order valence-electron chi connectivity index (χ1n) is 4.65. The van der Waals surface area contributed by atoms with Crippen molar-refractivity contribution < 1.29 is 0 Å². The molecule has 16 heavy (non-hydrogen) atoms. The topological polar surface area (TPSA) is 65.6 Å². The maximum Gasteiger partial charge on any atom is 0.255 e. The van der Waals surface area contributed by atoms with Crippen LogP contribution in [-0.2, 0) is 13.6 Å². The molecule has 0 aliphatic heterocycles. The van der Waals surface area contributed by atoms with Crippen LogP contribution in [0.4, 0.5) is 0 Å². The Kier molecular flexibility index (Phi) is 2.74. The second kappa shape index (κ2) is 4.05. The van der Waals surface area contributed by atoms with Gasteiger partial charge in [-0.25, -0.2) is 4.98 Å². The summed E-state index contributed by atoms with van der Waals surface area (Å²) in [7, 11) is 1.82. The van der Waals surface area contributed by atoms with Crippen LogP contribution in [0.2, 0.25) is 5.15 Å². The molecule has 2 rings (SSSR count). The van der Waals surface area contributed by atoms with Crippen molar-refractivity contribution in [1.82, 2.24) is 24.3 Å². The molecule has 84 valence electrons. The number of halogens is 1. The van der Waals surface area contributed by atoms with Crippen LogP contribution in [-0.4, -0.2) is 24.3 Å². The summed E-state index contributed by atoms with van der Waals surface area (Å²) in [6.07, 6.45) is 1.58. The Labute approximate surface area is 96.5 Å². The third kappa shape index (κ3) is 1.96. The Bertz CT molecular complexity index is 574. The molecule has 0 bridgehead atoms. The normalized spacial score (nSPS) is 10.7. The van der Waals surface area contributed by atoms with Gasteiger partial charge in [-0.2, -0.15) is 0 Å². The minimum atomic E-state index is -0.194. The minimum absolute atomic E-state index is 0.194. The molecule has 2 heterocycles. The van der Waals surface area contributed by atoms with Gasteiger partial charge in [-0.15, -0.1) is 10.2 Å². The molecule has 0 aliphatic rings. The zero-order valence-corrected chi connectivity index (χ0v) is 9.64. The highest BCUT2D eigenvalue weighted by Crippen LogP contribution is 2.03. The van der Waals surface area contributed by atoms with Crippen molar-refractivity contribution in [2.24, 2.45) is 7.05 Å². The lowest BCUT2D eigenvalue weighted by Crippen LogP contribution is -2.24. The molecule has 0 saturated carbocycles. The smallest absolute Gasteiger partial charge is 0.255 e. The Balaban J connectivity index is 2.43. The largest absolute Gasteiger partial charge is 0.319 e. The second-order valence-corrected chi connectivity index (χ2v) is 3.80. The maximum atomic E-state index is 11.7. The first-order valence-corrected chi connectivity index (χ1v) is 5.02. The van der Waals surface area contributed by atoms with Crippen LogP contribution < -0.4 is 5.56 Å². The molecule has 0 amide bonds. The lowest BCUT2D eigenvalue weighted by atomic mass is 10.5. The zero-order chi connectivity index (χ0) is 11.7. The van der Waals surface area contributed by atoms with Crippen LogP contribution in [0.15, 0.2) is 17.2 Å². The van der Waals surface area contributed by atoms with Gasteiger partial charge in [0.1, 0.15) is 17.3 Å². The van der Waals surface area contributed by atoms with Crippen LogP contribution >= 0.6 is 11.6 Å². The molecule has 0 spiro atoms. The van der Waals surface area contributed by atoms with Crippen molar-refractivity contribution in [2.45, 2.75) is 13.5 Å². The molecule has 0 atom stereocenters. The standard InChI is InChI=1S/C9H10ClN5O/c1-6-12-7(10)3-9(16)15(6)4-8-13-11-5-14(8)2/h3,5H,4H2,1-2H3. The molecule has 0 saturated heterocycles. The fourth-order valence-corrected chi connectivity index (χ4v) is 1.59. The van der Waals surface area contributed by atoms with E-state index in [-0.39, 0.29) is 10.7 Å². The third-order valence-corrected chi connectivity index (χ3v) is 2.47. The summed E-state index contributed by atoms with van der Waals surface area (Å²) < 4.78 is 3.25. The van der Waals surface area contributed by atoms with E-state index in [9.17, 15) is 4.79 Å². The van der Waals surface area contributed by atoms with E-state index in [0.29, 0.717) is 18.2 Å². The van der Waals surface area contributed by atoms with Crippen LogP contribution in [0.25, 0.3) is 0 Å². The monoisotopic (exact) mass is 239 g/mol. The van der Waals surface area contributed by atoms with Crippen LogP contribution in [0.5, 0.6) is 0 Å². The number of rotatable bonds is 2. The number of hydrogen-bond acceptors (Lipinski definition) is 4. The van der Waals surface area contributed by atoms with Crippen molar-refractivity contribution in [2.75, 3.05) is 0 Å². The lowest BCUT2D eigenvalue weighted by Gasteiger charge is -2.07. The molecule has 2 aromatic rings. The van der Waals surface area contributed by atoms with Crippen LogP contribution in [0, 0.1) is 6.92 Å². The van der Waals surface area contributed by atoms with Gasteiger partial charge >= 0.3 is 0 Å². The van der Waals surface area contributed by atoms with Crippen molar-refractivity contribution in [1.29, 1.82) is 0 Å². The van der Waals surface area contributed by atoms with Gasteiger partial charge in [-0.1, -0.05) is 11.6 Å². The fraction of sp³-hybridized carbons (Fsp3) is 0.333. The molecule has 0 aliphatic carbocycles. The molecule has 6 nitrogen and oxygen atoms in total. The molecule has 2 aromatic heterocycles. The van der Waals surface area contributed by atoms with E-state index >= 15 is 0 Å². The molecule has 7 heteroatoms. The average Bonchev–Trinajstić information content (AvgIpc) is 2.57. The molecule has 0 fully saturated rings. The van der Waals surface area contributed by atoms with E-state index < -0.39 is 0 Å². The highest BCUT2D eigenvalue weighted by molar-refractivity contribution is 6.29. The van der Waals surface area contributed by atoms with E-state index in [1.165, 1.54) is 10.6 Å². The Hall–Kier alpha value is -1.69. The molecule has 0 radical (unpaired) electrons. The number of hydrogen-bond donors (Lipinski definition) is 0. The summed E-state index contributed by atoms with van der Waals surface area (Å²) in [5.74, 6) is 1.25. The SMILES string of the molecule is Cc1nc(Cl)cc(=O)n1Cc1nncn1C. The van der Waals surface area contributed by atoms with E-state index in [1.54, 1.807) is 17.8 Å². The van der Waals surface area contributed by atoms with Gasteiger partial charge in [0.05, 0.1) is 6.54 Å². The van der Waals surface area contributed by atoms with E-state index in [4.69, 9.17) is 11.6 Å².